The number of rotatable bonds is 4. The number of ether oxygens (including phenoxy) is 1. The van der Waals surface area contributed by atoms with E-state index in [1.54, 1.807) is 6.92 Å². The van der Waals surface area contributed by atoms with E-state index in [1.165, 1.54) is 80.9 Å². The zero-order chi connectivity index (χ0) is 17.8. The normalized spacial score (nSPS) is 20.0. The van der Waals surface area contributed by atoms with E-state index in [1.807, 2.05) is 0 Å². The Morgan fingerprint density at radius 1 is 0.880 bits per heavy atom. The van der Waals surface area contributed by atoms with Gasteiger partial charge in [-0.25, -0.2) is 0 Å². The van der Waals surface area contributed by atoms with Crippen LogP contribution in [0.1, 0.15) is 119 Å². The zero-order valence-electron chi connectivity index (χ0n) is 16.3. The van der Waals surface area contributed by atoms with Crippen LogP contribution < -0.4 is 4.74 Å². The molecular formula is C23H34O2. The first-order valence-corrected chi connectivity index (χ1v) is 10.4. The van der Waals surface area contributed by atoms with Gasteiger partial charge in [0.05, 0.1) is 0 Å². The lowest BCUT2D eigenvalue weighted by atomic mass is 9.77. The molecule has 0 unspecified atom stereocenters. The summed E-state index contributed by atoms with van der Waals surface area (Å²) in [5.74, 6) is 2.38. The Morgan fingerprint density at radius 2 is 1.32 bits per heavy atom. The minimum Gasteiger partial charge on any atom is -0.426 e. The van der Waals surface area contributed by atoms with Crippen LogP contribution in [0.25, 0.3) is 0 Å². The average Bonchev–Trinajstić information content (AvgIpc) is 2.62. The van der Waals surface area contributed by atoms with Gasteiger partial charge in [0.1, 0.15) is 5.75 Å². The van der Waals surface area contributed by atoms with Crippen LogP contribution in [-0.2, 0) is 4.79 Å². The number of hydrogen-bond donors (Lipinski definition) is 0. The van der Waals surface area contributed by atoms with Gasteiger partial charge in [-0.2, -0.15) is 0 Å². The number of carbonyl (C=O) groups excluding carboxylic acids is 1. The molecule has 1 aromatic carbocycles. The summed E-state index contributed by atoms with van der Waals surface area (Å²) in [6, 6.07) is 4.70. The molecule has 0 heterocycles. The molecule has 25 heavy (non-hydrogen) atoms. The van der Waals surface area contributed by atoms with Gasteiger partial charge in [-0.1, -0.05) is 64.5 Å². The van der Waals surface area contributed by atoms with Crippen molar-refractivity contribution in [2.45, 2.75) is 103 Å². The molecular weight excluding hydrogens is 308 g/mol. The summed E-state index contributed by atoms with van der Waals surface area (Å²) in [4.78, 5) is 11.9. The molecule has 138 valence electrons. The van der Waals surface area contributed by atoms with E-state index in [4.69, 9.17) is 4.74 Å². The number of hydrogen-bond acceptors (Lipinski definition) is 2. The van der Waals surface area contributed by atoms with Gasteiger partial charge in [-0.15, -0.1) is 0 Å². The van der Waals surface area contributed by atoms with Crippen LogP contribution in [-0.4, -0.2) is 5.97 Å². The molecule has 0 saturated heterocycles. The summed E-state index contributed by atoms with van der Waals surface area (Å²) < 4.78 is 5.88. The quantitative estimate of drug-likeness (QED) is 0.443. The third kappa shape index (κ3) is 4.46. The Hall–Kier alpha value is -1.31. The summed E-state index contributed by atoms with van der Waals surface area (Å²) in [6.45, 7) is 6.10. The van der Waals surface area contributed by atoms with E-state index >= 15 is 0 Å². The standard InChI is InChI=1S/C23H34O2/c1-16(2)20-14-21(18-10-6-4-7-11-18)23(25-17(3)24)22(15-20)19-12-8-5-9-13-19/h14-16,18-19H,4-13H2,1-3H3. The fraction of sp³-hybridized carbons (Fsp3) is 0.696. The maximum atomic E-state index is 11.9. The first-order valence-electron chi connectivity index (χ1n) is 10.4. The third-order valence-corrected chi connectivity index (χ3v) is 6.17. The van der Waals surface area contributed by atoms with E-state index in [2.05, 4.69) is 26.0 Å². The average molecular weight is 343 g/mol. The maximum Gasteiger partial charge on any atom is 0.308 e. The van der Waals surface area contributed by atoms with E-state index in [-0.39, 0.29) is 5.97 Å². The second-order valence-corrected chi connectivity index (χ2v) is 8.45. The molecule has 0 bridgehead atoms. The molecule has 0 atom stereocenters. The zero-order valence-corrected chi connectivity index (χ0v) is 16.3. The highest BCUT2D eigenvalue weighted by atomic mass is 16.5. The van der Waals surface area contributed by atoms with Gasteiger partial charge in [0, 0.05) is 6.92 Å². The molecule has 2 fully saturated rings. The Morgan fingerprint density at radius 3 is 1.68 bits per heavy atom. The first-order chi connectivity index (χ1) is 12.1. The topological polar surface area (TPSA) is 26.3 Å². The van der Waals surface area contributed by atoms with Crippen molar-refractivity contribution in [3.8, 4) is 5.75 Å². The van der Waals surface area contributed by atoms with Crippen LogP contribution in [0, 0.1) is 0 Å². The van der Waals surface area contributed by atoms with Gasteiger partial charge in [-0.3, -0.25) is 4.79 Å². The van der Waals surface area contributed by atoms with Crippen LogP contribution in [0.3, 0.4) is 0 Å². The molecule has 2 aliphatic rings. The largest absolute Gasteiger partial charge is 0.426 e. The summed E-state index contributed by atoms with van der Waals surface area (Å²) in [7, 11) is 0. The van der Waals surface area contributed by atoms with E-state index in [0.29, 0.717) is 17.8 Å². The van der Waals surface area contributed by atoms with Crippen molar-refractivity contribution in [2.24, 2.45) is 0 Å². The molecule has 3 rings (SSSR count). The van der Waals surface area contributed by atoms with Crippen LogP contribution in [0.2, 0.25) is 0 Å². The van der Waals surface area contributed by atoms with Gasteiger partial charge in [0.2, 0.25) is 0 Å². The van der Waals surface area contributed by atoms with Crippen molar-refractivity contribution < 1.29 is 9.53 Å². The Kier molecular flexibility index (Phi) is 6.19. The monoisotopic (exact) mass is 342 g/mol. The minimum absolute atomic E-state index is 0.175. The van der Waals surface area contributed by atoms with Gasteiger partial charge in [0.25, 0.3) is 0 Å². The lowest BCUT2D eigenvalue weighted by Crippen LogP contribution is -2.15. The van der Waals surface area contributed by atoms with Crippen molar-refractivity contribution in [1.29, 1.82) is 0 Å². The molecule has 0 aliphatic heterocycles. The molecule has 2 saturated carbocycles. The molecule has 0 amide bonds. The van der Waals surface area contributed by atoms with Crippen molar-refractivity contribution in [2.75, 3.05) is 0 Å². The molecule has 0 N–H and O–H groups in total. The second kappa shape index (κ2) is 8.38. The predicted molar refractivity (Wildman–Crippen MR) is 103 cm³/mol. The Labute approximate surface area is 153 Å². The molecule has 2 aliphatic carbocycles. The van der Waals surface area contributed by atoms with Gasteiger partial charge in [-0.05, 0) is 60.1 Å². The van der Waals surface area contributed by atoms with Crippen LogP contribution in [0.15, 0.2) is 12.1 Å². The molecule has 1 aromatic rings. The number of benzene rings is 1. The van der Waals surface area contributed by atoms with Gasteiger partial charge < -0.3 is 4.74 Å². The molecule has 0 aromatic heterocycles. The fourth-order valence-electron chi connectivity index (χ4n) is 4.73. The molecule has 0 radical (unpaired) electrons. The summed E-state index contributed by atoms with van der Waals surface area (Å²) in [6.07, 6.45) is 12.8. The molecule has 0 spiro atoms. The summed E-state index contributed by atoms with van der Waals surface area (Å²) in [5.41, 5.74) is 4.06. The summed E-state index contributed by atoms with van der Waals surface area (Å²) in [5, 5.41) is 0. The first kappa shape index (κ1) is 18.5. The SMILES string of the molecule is CC(=O)Oc1c(C2CCCCC2)cc(C(C)C)cc1C1CCCCC1. The lowest BCUT2D eigenvalue weighted by molar-refractivity contribution is -0.132. The number of carbonyl (C=O) groups is 1. The smallest absolute Gasteiger partial charge is 0.308 e. The number of esters is 1. The molecule has 2 heteroatoms. The predicted octanol–water partition coefficient (Wildman–Crippen LogP) is 6.83. The highest BCUT2D eigenvalue weighted by Crippen LogP contribution is 2.45. The Balaban J connectivity index is 2.08. The second-order valence-electron chi connectivity index (χ2n) is 8.45. The molecule has 2 nitrogen and oxygen atoms in total. The fourth-order valence-corrected chi connectivity index (χ4v) is 4.73. The maximum absolute atomic E-state index is 11.9. The van der Waals surface area contributed by atoms with Crippen LogP contribution in [0.4, 0.5) is 0 Å². The van der Waals surface area contributed by atoms with E-state index in [0.717, 1.165) is 5.75 Å². The van der Waals surface area contributed by atoms with Crippen molar-refractivity contribution in [3.63, 3.8) is 0 Å². The van der Waals surface area contributed by atoms with Crippen molar-refractivity contribution in [3.05, 3.63) is 28.8 Å². The van der Waals surface area contributed by atoms with Crippen LogP contribution in [0.5, 0.6) is 5.75 Å². The highest BCUT2D eigenvalue weighted by Gasteiger charge is 2.27. The van der Waals surface area contributed by atoms with E-state index < -0.39 is 0 Å². The van der Waals surface area contributed by atoms with Crippen molar-refractivity contribution in [1.82, 2.24) is 0 Å². The van der Waals surface area contributed by atoms with E-state index in [9.17, 15) is 4.79 Å². The minimum atomic E-state index is -0.175. The van der Waals surface area contributed by atoms with Gasteiger partial charge >= 0.3 is 5.97 Å². The summed E-state index contributed by atoms with van der Waals surface area (Å²) >= 11 is 0. The van der Waals surface area contributed by atoms with Crippen LogP contribution >= 0.6 is 0 Å². The van der Waals surface area contributed by atoms with Crippen molar-refractivity contribution >= 4 is 5.97 Å². The third-order valence-electron chi connectivity index (χ3n) is 6.17. The van der Waals surface area contributed by atoms with Gasteiger partial charge in [0.15, 0.2) is 0 Å². The highest BCUT2D eigenvalue weighted by molar-refractivity contribution is 5.71. The Bertz CT molecular complexity index is 551. The lowest BCUT2D eigenvalue weighted by Gasteiger charge is -2.30.